The molecule has 74 valence electrons. The highest BCUT2D eigenvalue weighted by molar-refractivity contribution is 4.72. The van der Waals surface area contributed by atoms with Crippen LogP contribution in [0.15, 0.2) is 0 Å². The van der Waals surface area contributed by atoms with E-state index in [0.29, 0.717) is 0 Å². The molecule has 0 aromatic carbocycles. The summed E-state index contributed by atoms with van der Waals surface area (Å²) in [6, 6.07) is 0. The highest BCUT2D eigenvalue weighted by Crippen LogP contribution is 2.16. The Morgan fingerprint density at radius 1 is 1.08 bits per heavy atom. The third-order valence-corrected chi connectivity index (χ3v) is 2.04. The van der Waals surface area contributed by atoms with E-state index < -0.39 is 0 Å². The minimum Gasteiger partial charge on any atom is -0.316 e. The summed E-state index contributed by atoms with van der Waals surface area (Å²) in [5.41, 5.74) is 0. The van der Waals surface area contributed by atoms with Gasteiger partial charge in [-0.15, -0.1) is 0 Å². The van der Waals surface area contributed by atoms with Crippen molar-refractivity contribution in [1.82, 2.24) is 5.32 Å². The average Bonchev–Trinajstić information content (AvgIpc) is 2.34. The Labute approximate surface area is 77.9 Å². The fraction of sp³-hybridized carbons (Fsp3) is 1.00. The van der Waals surface area contributed by atoms with Gasteiger partial charge >= 0.3 is 0 Å². The number of hydrogen-bond acceptors (Lipinski definition) is 1. The number of nitrogens with one attached hydrogen (secondary N) is 1. The fourth-order valence-corrected chi connectivity index (χ4v) is 1.25. The summed E-state index contributed by atoms with van der Waals surface area (Å²) in [4.78, 5) is 0. The first-order valence-electron chi connectivity index (χ1n) is 5.24. The van der Waals surface area contributed by atoms with Crippen LogP contribution in [0, 0.1) is 17.8 Å². The second kappa shape index (κ2) is 6.47. The van der Waals surface area contributed by atoms with Gasteiger partial charge in [0.05, 0.1) is 0 Å². The molecule has 1 heteroatoms. The Hall–Kier alpha value is -0.0400. The normalized spacial score (nSPS) is 22.8. The van der Waals surface area contributed by atoms with Crippen molar-refractivity contribution < 1.29 is 0 Å². The van der Waals surface area contributed by atoms with E-state index in [4.69, 9.17) is 0 Å². The van der Waals surface area contributed by atoms with Crippen LogP contribution in [0.3, 0.4) is 0 Å². The van der Waals surface area contributed by atoms with Gasteiger partial charge in [0, 0.05) is 0 Å². The average molecular weight is 171 g/mol. The highest BCUT2D eigenvalue weighted by Gasteiger charge is 2.16. The van der Waals surface area contributed by atoms with Gasteiger partial charge in [0.2, 0.25) is 0 Å². The van der Waals surface area contributed by atoms with Crippen molar-refractivity contribution >= 4 is 0 Å². The molecule has 0 radical (unpaired) electrons. The predicted molar refractivity (Wildman–Crippen MR) is 56.3 cm³/mol. The maximum atomic E-state index is 3.35. The summed E-state index contributed by atoms with van der Waals surface area (Å²) < 4.78 is 0. The first-order chi connectivity index (χ1) is 5.54. The minimum atomic E-state index is 0.833. The lowest BCUT2D eigenvalue weighted by Crippen LogP contribution is -2.12. The van der Waals surface area contributed by atoms with E-state index in [2.05, 4.69) is 39.9 Å². The monoisotopic (exact) mass is 171 g/mol. The Kier molecular flexibility index (Phi) is 6.45. The number of hydrogen-bond donors (Lipinski definition) is 1. The second-order valence-electron chi connectivity index (χ2n) is 4.73. The molecule has 1 aliphatic heterocycles. The summed E-state index contributed by atoms with van der Waals surface area (Å²) in [7, 11) is 0. The topological polar surface area (TPSA) is 12.0 Å². The molecule has 1 unspecified atom stereocenters. The predicted octanol–water partition coefficient (Wildman–Crippen LogP) is 2.91. The minimum absolute atomic E-state index is 0.833. The lowest BCUT2D eigenvalue weighted by Gasteiger charge is -2.10. The molecule has 0 aromatic rings. The molecule has 1 N–H and O–H groups in total. The van der Waals surface area contributed by atoms with Crippen molar-refractivity contribution in [1.29, 1.82) is 0 Å². The van der Waals surface area contributed by atoms with Crippen LogP contribution in [0.5, 0.6) is 0 Å². The zero-order valence-corrected chi connectivity index (χ0v) is 9.35. The van der Waals surface area contributed by atoms with E-state index in [9.17, 15) is 0 Å². The molecule has 1 atom stereocenters. The van der Waals surface area contributed by atoms with Gasteiger partial charge in [-0.1, -0.05) is 34.6 Å². The van der Waals surface area contributed by atoms with Crippen LogP contribution in [0.25, 0.3) is 0 Å². The van der Waals surface area contributed by atoms with Crippen LogP contribution in [0.4, 0.5) is 0 Å². The molecule has 1 fully saturated rings. The maximum absolute atomic E-state index is 3.35. The van der Waals surface area contributed by atoms with Crippen LogP contribution in [-0.4, -0.2) is 13.1 Å². The molecule has 1 aliphatic rings. The lowest BCUT2D eigenvalue weighted by molar-refractivity contribution is 0.419. The Morgan fingerprint density at radius 2 is 1.58 bits per heavy atom. The van der Waals surface area contributed by atoms with Gasteiger partial charge < -0.3 is 5.32 Å². The molecule has 0 saturated carbocycles. The molecule has 1 nitrogen and oxygen atoms in total. The van der Waals surface area contributed by atoms with E-state index in [1.54, 1.807) is 0 Å². The Balaban J connectivity index is 0.000000261. The molecule has 0 amide bonds. The largest absolute Gasteiger partial charge is 0.316 e. The summed E-state index contributed by atoms with van der Waals surface area (Å²) in [6.07, 6.45) is 1.39. The zero-order valence-electron chi connectivity index (χ0n) is 9.35. The first-order valence-corrected chi connectivity index (χ1v) is 5.24. The van der Waals surface area contributed by atoms with Crippen LogP contribution >= 0.6 is 0 Å². The Morgan fingerprint density at radius 3 is 1.75 bits per heavy atom. The molecule has 0 bridgehead atoms. The fourth-order valence-electron chi connectivity index (χ4n) is 1.25. The highest BCUT2D eigenvalue weighted by atomic mass is 14.9. The molecule has 0 aromatic heterocycles. The van der Waals surface area contributed by atoms with Crippen molar-refractivity contribution in [2.45, 2.75) is 41.0 Å². The molecule has 1 saturated heterocycles. The molecular weight excluding hydrogens is 146 g/mol. The van der Waals surface area contributed by atoms with Crippen LogP contribution in [-0.2, 0) is 0 Å². The van der Waals surface area contributed by atoms with Gasteiger partial charge in [0.25, 0.3) is 0 Å². The third-order valence-electron chi connectivity index (χ3n) is 2.04. The van der Waals surface area contributed by atoms with Gasteiger partial charge in [-0.25, -0.2) is 0 Å². The van der Waals surface area contributed by atoms with Crippen molar-refractivity contribution in [2.24, 2.45) is 17.8 Å². The Bertz CT molecular complexity index is 88.4. The lowest BCUT2D eigenvalue weighted by atomic mass is 9.96. The standard InChI is InChI=1S/C7H15N.C4H10/c1-6(2)7-3-4-8-5-7;1-4(2)3/h6-8H,3-5H2,1-2H3;4H,1-3H3. The van der Waals surface area contributed by atoms with Gasteiger partial charge in [-0.05, 0) is 37.3 Å². The summed E-state index contributed by atoms with van der Waals surface area (Å²) >= 11 is 0. The molecular formula is C11H25N. The summed E-state index contributed by atoms with van der Waals surface area (Å²) in [6.45, 7) is 13.6. The first kappa shape index (κ1) is 12.0. The van der Waals surface area contributed by atoms with E-state index in [1.165, 1.54) is 19.5 Å². The molecule has 1 rings (SSSR count). The van der Waals surface area contributed by atoms with E-state index in [1.807, 2.05) is 0 Å². The zero-order chi connectivity index (χ0) is 9.56. The van der Waals surface area contributed by atoms with Crippen molar-refractivity contribution in [2.75, 3.05) is 13.1 Å². The third kappa shape index (κ3) is 6.66. The quantitative estimate of drug-likeness (QED) is 0.639. The second-order valence-corrected chi connectivity index (χ2v) is 4.73. The van der Waals surface area contributed by atoms with Crippen molar-refractivity contribution in [3.8, 4) is 0 Å². The molecule has 1 heterocycles. The van der Waals surface area contributed by atoms with Crippen molar-refractivity contribution in [3.63, 3.8) is 0 Å². The van der Waals surface area contributed by atoms with Gasteiger partial charge in [-0.3, -0.25) is 0 Å². The van der Waals surface area contributed by atoms with Crippen molar-refractivity contribution in [3.05, 3.63) is 0 Å². The van der Waals surface area contributed by atoms with Crippen LogP contribution < -0.4 is 5.32 Å². The summed E-state index contributed by atoms with van der Waals surface area (Å²) in [5.74, 6) is 2.67. The molecule has 12 heavy (non-hydrogen) atoms. The van der Waals surface area contributed by atoms with E-state index >= 15 is 0 Å². The van der Waals surface area contributed by atoms with Gasteiger partial charge in [0.1, 0.15) is 0 Å². The van der Waals surface area contributed by atoms with E-state index in [-0.39, 0.29) is 0 Å². The summed E-state index contributed by atoms with van der Waals surface area (Å²) in [5, 5.41) is 3.35. The van der Waals surface area contributed by atoms with E-state index in [0.717, 1.165) is 17.8 Å². The van der Waals surface area contributed by atoms with Crippen LogP contribution in [0.1, 0.15) is 41.0 Å². The van der Waals surface area contributed by atoms with Gasteiger partial charge in [-0.2, -0.15) is 0 Å². The number of rotatable bonds is 1. The SMILES string of the molecule is CC(C)C.CC(C)C1CCNC1. The molecule has 0 aliphatic carbocycles. The van der Waals surface area contributed by atoms with Gasteiger partial charge in [0.15, 0.2) is 0 Å². The maximum Gasteiger partial charge on any atom is -0.00176 e. The smallest absolute Gasteiger partial charge is 0.00176 e. The molecule has 0 spiro atoms. The van der Waals surface area contributed by atoms with Crippen LogP contribution in [0.2, 0.25) is 0 Å².